The predicted octanol–water partition coefficient (Wildman–Crippen LogP) is 4.00. The summed E-state index contributed by atoms with van der Waals surface area (Å²) in [5, 5.41) is 11.1. The second kappa shape index (κ2) is 4.82. The van der Waals surface area contributed by atoms with Crippen LogP contribution in [0.3, 0.4) is 0 Å². The van der Waals surface area contributed by atoms with Gasteiger partial charge in [-0.05, 0) is 31.1 Å². The van der Waals surface area contributed by atoms with E-state index in [9.17, 15) is 0 Å². The van der Waals surface area contributed by atoms with Crippen LogP contribution in [0.15, 0.2) is 5.16 Å². The number of rotatable bonds is 6. The summed E-state index contributed by atoms with van der Waals surface area (Å²) in [6.45, 7) is 4.57. The van der Waals surface area contributed by atoms with E-state index < -0.39 is 0 Å². The van der Waals surface area contributed by atoms with Crippen LogP contribution in [0.2, 0.25) is 0 Å². The molecule has 0 radical (unpaired) electrons. The minimum absolute atomic E-state index is 0.310. The van der Waals surface area contributed by atoms with Gasteiger partial charge in [-0.25, -0.2) is 0 Å². The van der Waals surface area contributed by atoms with Crippen LogP contribution in [-0.4, -0.2) is 25.8 Å². The summed E-state index contributed by atoms with van der Waals surface area (Å²) in [6, 6.07) is 0.699. The fraction of sp³-hybridized carbons (Fsp3) is 0.846. The molecule has 18 heavy (non-hydrogen) atoms. The molecule has 2 aliphatic rings. The van der Waals surface area contributed by atoms with Gasteiger partial charge in [0.2, 0.25) is 0 Å². The van der Waals surface area contributed by atoms with E-state index in [4.69, 9.17) is 0 Å². The van der Waals surface area contributed by atoms with Gasteiger partial charge in [-0.15, -0.1) is 10.2 Å². The highest BCUT2D eigenvalue weighted by molar-refractivity contribution is 9.09. The van der Waals surface area contributed by atoms with Gasteiger partial charge in [0.1, 0.15) is 5.82 Å². The third-order valence-corrected chi connectivity index (χ3v) is 6.48. The number of thioether (sulfide) groups is 1. The molecule has 0 saturated heterocycles. The highest BCUT2D eigenvalue weighted by atomic mass is 79.9. The van der Waals surface area contributed by atoms with Crippen molar-refractivity contribution < 1.29 is 0 Å². The highest BCUT2D eigenvalue weighted by Crippen LogP contribution is 2.46. The number of hydrogen-bond acceptors (Lipinski definition) is 3. The van der Waals surface area contributed by atoms with Crippen molar-refractivity contribution in [1.82, 2.24) is 14.8 Å². The Kier molecular flexibility index (Phi) is 3.47. The molecule has 0 atom stereocenters. The Morgan fingerprint density at radius 2 is 2.00 bits per heavy atom. The van der Waals surface area contributed by atoms with Crippen LogP contribution in [0.5, 0.6) is 0 Å². The van der Waals surface area contributed by atoms with E-state index in [-0.39, 0.29) is 0 Å². The SMILES string of the molecule is CC(C)(CBr)CSc1nnc(C2CC2)n1C1CC1. The maximum Gasteiger partial charge on any atom is 0.191 e. The summed E-state index contributed by atoms with van der Waals surface area (Å²) in [5.41, 5.74) is 0.310. The lowest BCUT2D eigenvalue weighted by molar-refractivity contribution is 0.494. The van der Waals surface area contributed by atoms with E-state index in [2.05, 4.69) is 44.5 Å². The van der Waals surface area contributed by atoms with Crippen LogP contribution in [0.4, 0.5) is 0 Å². The van der Waals surface area contributed by atoms with Gasteiger partial charge in [0, 0.05) is 23.0 Å². The van der Waals surface area contributed by atoms with E-state index >= 15 is 0 Å². The molecule has 100 valence electrons. The van der Waals surface area contributed by atoms with Gasteiger partial charge in [-0.1, -0.05) is 41.5 Å². The van der Waals surface area contributed by atoms with E-state index in [1.807, 2.05) is 11.8 Å². The van der Waals surface area contributed by atoms with Crippen LogP contribution < -0.4 is 0 Å². The maximum absolute atomic E-state index is 4.45. The monoisotopic (exact) mass is 329 g/mol. The van der Waals surface area contributed by atoms with E-state index in [1.54, 1.807) is 0 Å². The molecule has 0 spiro atoms. The minimum Gasteiger partial charge on any atom is -0.303 e. The molecule has 1 heterocycles. The minimum atomic E-state index is 0.310. The summed E-state index contributed by atoms with van der Waals surface area (Å²) in [7, 11) is 0. The van der Waals surface area contributed by atoms with Crippen molar-refractivity contribution in [2.75, 3.05) is 11.1 Å². The molecule has 0 unspecified atom stereocenters. The molecule has 5 heteroatoms. The molecule has 1 aromatic rings. The van der Waals surface area contributed by atoms with Crippen LogP contribution in [0, 0.1) is 5.41 Å². The zero-order valence-electron chi connectivity index (χ0n) is 11.0. The normalized spacial score (nSPS) is 20.4. The molecule has 0 bridgehead atoms. The first-order valence-corrected chi connectivity index (χ1v) is 8.85. The summed E-state index contributed by atoms with van der Waals surface area (Å²) in [4.78, 5) is 0. The van der Waals surface area contributed by atoms with Crippen molar-refractivity contribution in [2.24, 2.45) is 5.41 Å². The van der Waals surface area contributed by atoms with Crippen molar-refractivity contribution in [2.45, 2.75) is 56.6 Å². The largest absolute Gasteiger partial charge is 0.303 e. The smallest absolute Gasteiger partial charge is 0.191 e. The maximum atomic E-state index is 4.45. The Hall–Kier alpha value is -0.0300. The van der Waals surface area contributed by atoms with Gasteiger partial charge in [-0.2, -0.15) is 0 Å². The summed E-state index contributed by atoms with van der Waals surface area (Å²) < 4.78 is 2.44. The second-order valence-corrected chi connectivity index (χ2v) is 7.81. The second-order valence-electron chi connectivity index (χ2n) is 6.30. The van der Waals surface area contributed by atoms with Gasteiger partial charge in [-0.3, -0.25) is 0 Å². The van der Waals surface area contributed by atoms with Crippen molar-refractivity contribution in [3.8, 4) is 0 Å². The number of hydrogen-bond donors (Lipinski definition) is 0. The fourth-order valence-corrected chi connectivity index (χ4v) is 3.54. The third kappa shape index (κ3) is 2.77. The highest BCUT2D eigenvalue weighted by Gasteiger charge is 2.36. The molecule has 3 nitrogen and oxygen atoms in total. The molecule has 2 saturated carbocycles. The van der Waals surface area contributed by atoms with Crippen molar-refractivity contribution >= 4 is 27.7 Å². The van der Waals surface area contributed by atoms with Crippen LogP contribution in [-0.2, 0) is 0 Å². The molecule has 0 aliphatic heterocycles. The zero-order valence-corrected chi connectivity index (χ0v) is 13.4. The molecule has 0 amide bonds. The first-order valence-electron chi connectivity index (χ1n) is 6.74. The molecule has 3 rings (SSSR count). The summed E-state index contributed by atoms with van der Waals surface area (Å²) in [6.07, 6.45) is 5.24. The van der Waals surface area contributed by atoms with Crippen LogP contribution >= 0.6 is 27.7 Å². The summed E-state index contributed by atoms with van der Waals surface area (Å²) in [5.74, 6) is 3.06. The van der Waals surface area contributed by atoms with Crippen molar-refractivity contribution in [1.29, 1.82) is 0 Å². The average molecular weight is 330 g/mol. The molecule has 2 aliphatic carbocycles. The lowest BCUT2D eigenvalue weighted by Crippen LogP contribution is -2.16. The number of nitrogens with zero attached hydrogens (tertiary/aromatic N) is 3. The van der Waals surface area contributed by atoms with Gasteiger partial charge in [0.15, 0.2) is 5.16 Å². The molecule has 2 fully saturated rings. The standard InChI is InChI=1S/C13H20BrN3S/c1-13(2,7-14)8-18-12-16-15-11(9-3-4-9)17(12)10-5-6-10/h9-10H,3-8H2,1-2H3. The van der Waals surface area contributed by atoms with Crippen molar-refractivity contribution in [3.63, 3.8) is 0 Å². The Morgan fingerprint density at radius 1 is 1.28 bits per heavy atom. The van der Waals surface area contributed by atoms with Gasteiger partial charge in [0.05, 0.1) is 0 Å². The van der Waals surface area contributed by atoms with E-state index in [0.29, 0.717) is 17.4 Å². The third-order valence-electron chi connectivity index (χ3n) is 3.50. The van der Waals surface area contributed by atoms with Gasteiger partial charge < -0.3 is 4.57 Å². The topological polar surface area (TPSA) is 30.7 Å². The van der Waals surface area contributed by atoms with Crippen molar-refractivity contribution in [3.05, 3.63) is 5.82 Å². The summed E-state index contributed by atoms with van der Waals surface area (Å²) >= 11 is 5.46. The van der Waals surface area contributed by atoms with Crippen LogP contribution in [0.25, 0.3) is 0 Å². The fourth-order valence-electron chi connectivity index (χ4n) is 1.98. The molecule has 0 N–H and O–H groups in total. The zero-order chi connectivity index (χ0) is 12.8. The first kappa shape index (κ1) is 13.0. The Bertz CT molecular complexity index is 435. The number of halogens is 1. The Labute approximate surface area is 121 Å². The Morgan fingerprint density at radius 3 is 2.56 bits per heavy atom. The molecule has 0 aromatic carbocycles. The lowest BCUT2D eigenvalue weighted by Gasteiger charge is -2.20. The first-order chi connectivity index (χ1) is 8.61. The molecule has 1 aromatic heterocycles. The van der Waals surface area contributed by atoms with E-state index in [0.717, 1.165) is 16.2 Å². The molecular formula is C13H20BrN3S. The quantitative estimate of drug-likeness (QED) is 0.583. The van der Waals surface area contributed by atoms with Crippen LogP contribution in [0.1, 0.15) is 57.3 Å². The lowest BCUT2D eigenvalue weighted by atomic mass is 10.0. The number of alkyl halides is 1. The average Bonchev–Trinajstić information content (AvgIpc) is 3.25. The number of aromatic nitrogens is 3. The van der Waals surface area contributed by atoms with E-state index in [1.165, 1.54) is 31.5 Å². The molecular weight excluding hydrogens is 310 g/mol. The Balaban J connectivity index is 1.75. The van der Waals surface area contributed by atoms with Gasteiger partial charge in [0.25, 0.3) is 0 Å². The predicted molar refractivity (Wildman–Crippen MR) is 78.6 cm³/mol. The van der Waals surface area contributed by atoms with Gasteiger partial charge >= 0.3 is 0 Å².